The summed E-state index contributed by atoms with van der Waals surface area (Å²) in [5.74, 6) is 0.107. The zero-order valence-electron chi connectivity index (χ0n) is 23.7. The van der Waals surface area contributed by atoms with E-state index >= 15 is 0 Å². The molecule has 10 heteroatoms. The monoisotopic (exact) mass is 555 g/mol. The first-order valence-corrected chi connectivity index (χ1v) is 14.4. The van der Waals surface area contributed by atoms with E-state index < -0.39 is 27.4 Å². The summed E-state index contributed by atoms with van der Waals surface area (Å²) >= 11 is 0. The van der Waals surface area contributed by atoms with E-state index in [0.29, 0.717) is 35.3 Å². The molecule has 0 aliphatic heterocycles. The van der Waals surface area contributed by atoms with Crippen LogP contribution in [0, 0.1) is 19.3 Å². The van der Waals surface area contributed by atoms with Crippen molar-refractivity contribution < 1.29 is 27.0 Å². The molecule has 0 radical (unpaired) electrons. The summed E-state index contributed by atoms with van der Waals surface area (Å²) in [7, 11) is -2.19. The van der Waals surface area contributed by atoms with E-state index in [1.165, 1.54) is 6.07 Å². The number of rotatable bonds is 10. The minimum absolute atomic E-state index is 0.0544. The largest absolute Gasteiger partial charge is 0.364 e. The Labute approximate surface area is 231 Å². The van der Waals surface area contributed by atoms with Crippen LogP contribution >= 0.6 is 0 Å². The number of nitrogens with zero attached hydrogens (tertiary/aromatic N) is 2. The molecule has 0 aliphatic rings. The third-order valence-corrected chi connectivity index (χ3v) is 8.43. The molecule has 210 valence electrons. The number of anilines is 1. The van der Waals surface area contributed by atoms with Gasteiger partial charge in [-0.25, -0.2) is 17.7 Å². The Balaban J connectivity index is 1.98. The van der Waals surface area contributed by atoms with Gasteiger partial charge in [0, 0.05) is 22.1 Å². The summed E-state index contributed by atoms with van der Waals surface area (Å²) < 4.78 is 34.1. The molecule has 3 N–H and O–H groups in total. The van der Waals surface area contributed by atoms with Gasteiger partial charge in [0.2, 0.25) is 0 Å². The first kappa shape index (κ1) is 30.0. The number of hydrogen-bond acceptors (Lipinski definition) is 6. The second-order valence-corrected chi connectivity index (χ2v) is 12.9. The predicted octanol–water partition coefficient (Wildman–Crippen LogP) is 4.93. The second-order valence-electron chi connectivity index (χ2n) is 11.3. The van der Waals surface area contributed by atoms with Crippen molar-refractivity contribution in [2.24, 2.45) is 11.1 Å². The highest BCUT2D eigenvalue weighted by molar-refractivity contribution is 7.92. The van der Waals surface area contributed by atoms with Crippen molar-refractivity contribution in [2.75, 3.05) is 11.8 Å². The molecule has 9 nitrogen and oxygen atoms in total. The van der Waals surface area contributed by atoms with Crippen LogP contribution in [-0.2, 0) is 26.2 Å². The van der Waals surface area contributed by atoms with Crippen molar-refractivity contribution in [1.29, 1.82) is 0 Å². The van der Waals surface area contributed by atoms with Crippen molar-refractivity contribution >= 4 is 27.7 Å². The molecule has 3 rings (SSSR count). The number of carbonyl (C=O) groups excluding carboxylic acids is 2. The highest BCUT2D eigenvalue weighted by Crippen LogP contribution is 2.34. The van der Waals surface area contributed by atoms with E-state index in [4.69, 9.17) is 10.3 Å². The van der Waals surface area contributed by atoms with Crippen molar-refractivity contribution in [2.45, 2.75) is 71.9 Å². The number of nitrogens with two attached hydrogens (primary N) is 1. The first-order chi connectivity index (χ1) is 18.1. The van der Waals surface area contributed by atoms with Crippen LogP contribution in [-0.4, -0.2) is 43.0 Å². The van der Waals surface area contributed by atoms with Crippen molar-refractivity contribution in [3.63, 3.8) is 0 Å². The lowest BCUT2D eigenvalue weighted by Gasteiger charge is -2.43. The molecule has 0 bridgehead atoms. The average Bonchev–Trinajstić information content (AvgIpc) is 3.15. The first-order valence-electron chi connectivity index (χ1n) is 12.9. The molecular weight excluding hydrogens is 516 g/mol. The molecule has 2 aromatic carbocycles. The summed E-state index contributed by atoms with van der Waals surface area (Å²) in [6.45, 7) is 11.4. The molecule has 1 aromatic heterocycles. The lowest BCUT2D eigenvalue weighted by Crippen LogP contribution is -2.65. The third kappa shape index (κ3) is 6.39. The van der Waals surface area contributed by atoms with Gasteiger partial charge in [-0.3, -0.25) is 9.52 Å². The van der Waals surface area contributed by atoms with Crippen LogP contribution in [0.2, 0.25) is 0 Å². The van der Waals surface area contributed by atoms with E-state index in [1.54, 1.807) is 39.1 Å². The fourth-order valence-corrected chi connectivity index (χ4v) is 6.45. The number of amides is 2. The van der Waals surface area contributed by atoms with Crippen LogP contribution in [0.15, 0.2) is 57.9 Å². The number of primary amides is 1. The number of likely N-dealkylation sites (N-methyl/N-ethyl adjacent to an activating group) is 1. The Hall–Kier alpha value is -3.50. The number of aryl methyl sites for hydroxylation is 1. The molecule has 39 heavy (non-hydrogen) atoms. The molecule has 0 saturated carbocycles. The van der Waals surface area contributed by atoms with Crippen LogP contribution in [0.1, 0.15) is 57.4 Å². The Bertz CT molecular complexity index is 1460. The standard InChI is InChI=1S/C29H38N4O5S/c1-8-11-25(34)33(7,26(27(30)35)29(4,5)6)18-21-14-16-22(17-15-21)23-12-9-10-13-24(23)39(36,37)32-28-19(2)20(3)38-31-28/h9-10,12-17,26H,8,11,18H2,1-7H3,(H2-,30,31,32,35)/p+1/t26-,33?/m1/s1. The van der Waals surface area contributed by atoms with E-state index in [0.717, 1.165) is 5.56 Å². The molecule has 3 aromatic rings. The Morgan fingerprint density at radius 3 is 2.21 bits per heavy atom. The van der Waals surface area contributed by atoms with Crippen molar-refractivity contribution in [3.05, 3.63) is 65.4 Å². The molecule has 0 aliphatic carbocycles. The Morgan fingerprint density at radius 2 is 1.69 bits per heavy atom. The van der Waals surface area contributed by atoms with Gasteiger partial charge in [-0.05, 0) is 31.9 Å². The summed E-state index contributed by atoms with van der Waals surface area (Å²) in [6.07, 6.45) is 0.991. The fraction of sp³-hybridized carbons (Fsp3) is 0.414. The Kier molecular flexibility index (Phi) is 8.72. The number of sulfonamides is 1. The van der Waals surface area contributed by atoms with Gasteiger partial charge in [0.05, 0.1) is 18.4 Å². The molecule has 0 fully saturated rings. The maximum Gasteiger partial charge on any atom is 0.314 e. The summed E-state index contributed by atoms with van der Waals surface area (Å²) in [4.78, 5) is 26.1. The third-order valence-electron chi connectivity index (χ3n) is 7.03. The molecule has 0 saturated heterocycles. The highest BCUT2D eigenvalue weighted by atomic mass is 32.2. The van der Waals surface area contributed by atoms with Gasteiger partial charge >= 0.3 is 5.91 Å². The smallest absolute Gasteiger partial charge is 0.314 e. The zero-order chi connectivity index (χ0) is 29.2. The Morgan fingerprint density at radius 1 is 1.08 bits per heavy atom. The summed E-state index contributed by atoms with van der Waals surface area (Å²) in [5.41, 5.74) is 7.94. The van der Waals surface area contributed by atoms with E-state index in [2.05, 4.69) is 9.88 Å². The minimum Gasteiger partial charge on any atom is -0.364 e. The molecule has 2 amide bonds. The van der Waals surface area contributed by atoms with Crippen LogP contribution in [0.3, 0.4) is 0 Å². The van der Waals surface area contributed by atoms with Crippen LogP contribution in [0.4, 0.5) is 5.82 Å². The van der Waals surface area contributed by atoms with Gasteiger partial charge in [-0.2, -0.15) is 0 Å². The van der Waals surface area contributed by atoms with Crippen LogP contribution < -0.4 is 10.5 Å². The minimum atomic E-state index is -3.97. The van der Waals surface area contributed by atoms with Gasteiger partial charge in [-0.15, -0.1) is 0 Å². The average molecular weight is 556 g/mol. The number of quaternary nitrogens is 1. The number of nitrogens with one attached hydrogen (secondary N) is 1. The second kappa shape index (κ2) is 11.3. The maximum atomic E-state index is 13.4. The van der Waals surface area contributed by atoms with Gasteiger partial charge < -0.3 is 10.3 Å². The lowest BCUT2D eigenvalue weighted by molar-refractivity contribution is -0.871. The zero-order valence-corrected chi connectivity index (χ0v) is 24.6. The normalized spacial score (nSPS) is 14.4. The molecule has 1 unspecified atom stereocenters. The molecule has 1 heterocycles. The van der Waals surface area contributed by atoms with E-state index in [9.17, 15) is 18.0 Å². The van der Waals surface area contributed by atoms with E-state index in [-0.39, 0.29) is 27.6 Å². The van der Waals surface area contributed by atoms with Gasteiger partial charge in [0.1, 0.15) is 12.3 Å². The highest BCUT2D eigenvalue weighted by Gasteiger charge is 2.49. The molecular formula is C29H39N4O5S+. The van der Waals surface area contributed by atoms with E-state index in [1.807, 2.05) is 52.0 Å². The number of aromatic nitrogens is 1. The van der Waals surface area contributed by atoms with Crippen LogP contribution in [0.25, 0.3) is 11.1 Å². The van der Waals surface area contributed by atoms with Crippen LogP contribution in [0.5, 0.6) is 0 Å². The quantitative estimate of drug-likeness (QED) is 0.341. The fourth-order valence-electron chi connectivity index (χ4n) is 5.16. The SMILES string of the molecule is CCCC(=O)[N+](C)(Cc1ccc(-c2ccccc2S(=O)(=O)Nc2noc(C)c2C)cc1)[C@H](C(N)=O)C(C)(C)C. The number of hydrogen-bond donors (Lipinski definition) is 2. The van der Waals surface area contributed by atoms with Gasteiger partial charge in [0.25, 0.3) is 15.9 Å². The molecule has 0 spiro atoms. The van der Waals surface area contributed by atoms with Gasteiger partial charge in [0.15, 0.2) is 11.9 Å². The molecule has 2 atom stereocenters. The maximum absolute atomic E-state index is 13.4. The topological polar surface area (TPSA) is 132 Å². The lowest BCUT2D eigenvalue weighted by atomic mass is 9.83. The van der Waals surface area contributed by atoms with Gasteiger partial charge in [-0.1, -0.05) is 75.3 Å². The van der Waals surface area contributed by atoms with Crippen molar-refractivity contribution in [1.82, 2.24) is 5.16 Å². The summed E-state index contributed by atoms with van der Waals surface area (Å²) in [6, 6.07) is 13.3. The predicted molar refractivity (Wildman–Crippen MR) is 151 cm³/mol. The number of benzene rings is 2. The summed E-state index contributed by atoms with van der Waals surface area (Å²) in [5, 5.41) is 3.82. The number of carbonyl (C=O) groups is 2. The van der Waals surface area contributed by atoms with Crippen molar-refractivity contribution in [3.8, 4) is 11.1 Å².